The van der Waals surface area contributed by atoms with Crippen molar-refractivity contribution < 1.29 is 47.7 Å². The largest absolute Gasteiger partial charge is 0.458 e. The summed E-state index contributed by atoms with van der Waals surface area (Å²) in [6.07, 6.45) is -0.539. The van der Waals surface area contributed by atoms with Gasteiger partial charge < -0.3 is 29.0 Å². The second-order valence-corrected chi connectivity index (χ2v) is 12.6. The number of amides is 4. The van der Waals surface area contributed by atoms with Crippen LogP contribution in [0.1, 0.15) is 75.1 Å². The predicted molar refractivity (Wildman–Crippen MR) is 159 cm³/mol. The molecule has 13 nitrogen and oxygen atoms in total. The number of hydrogen-bond donors (Lipinski definition) is 2. The summed E-state index contributed by atoms with van der Waals surface area (Å²) in [7, 11) is 0. The number of ether oxygens (including phenoxy) is 5. The lowest BCUT2D eigenvalue weighted by Crippen LogP contribution is -2.54. The fourth-order valence-electron chi connectivity index (χ4n) is 4.71. The highest BCUT2D eigenvalue weighted by Gasteiger charge is 2.45. The van der Waals surface area contributed by atoms with Gasteiger partial charge >= 0.3 is 5.97 Å². The van der Waals surface area contributed by atoms with Gasteiger partial charge in [0.25, 0.3) is 11.8 Å². The third-order valence-electron chi connectivity index (χ3n) is 6.69. The van der Waals surface area contributed by atoms with Crippen LogP contribution in [-0.4, -0.2) is 105 Å². The van der Waals surface area contributed by atoms with Crippen molar-refractivity contribution in [3.05, 3.63) is 29.3 Å². The summed E-state index contributed by atoms with van der Waals surface area (Å²) in [5.74, 6) is -2.58. The number of nitrogens with zero attached hydrogens (tertiary/aromatic N) is 1. The Morgan fingerprint density at radius 3 is 2.11 bits per heavy atom. The molecule has 2 unspecified atom stereocenters. The Bertz CT molecular complexity index is 1200. The van der Waals surface area contributed by atoms with Crippen LogP contribution >= 0.6 is 0 Å². The van der Waals surface area contributed by atoms with Gasteiger partial charge in [0.1, 0.15) is 11.6 Å². The van der Waals surface area contributed by atoms with Crippen LogP contribution in [0.4, 0.5) is 5.69 Å². The number of benzene rings is 1. The quantitative estimate of drug-likeness (QED) is 0.159. The van der Waals surface area contributed by atoms with Gasteiger partial charge in [0.15, 0.2) is 6.10 Å². The second-order valence-electron chi connectivity index (χ2n) is 12.6. The maximum atomic E-state index is 13.1. The lowest BCUT2D eigenvalue weighted by Gasteiger charge is -2.31. The molecule has 244 valence electrons. The summed E-state index contributed by atoms with van der Waals surface area (Å²) in [5, 5.41) is 5.31. The topological polar surface area (TPSA) is 159 Å². The summed E-state index contributed by atoms with van der Waals surface area (Å²) < 4.78 is 27.9. The standard InChI is InChI=1S/C31H45N3O10/c1-30(2,3)25(29(39)44-31(4,5)6)43-19-18-42-17-16-41-15-14-40-13-12-32-21-9-7-8-20-24(21)28(38)34(27(20)37)22-10-11-23(35)33-26(22)36/h7-9,22,25,32H,10-19H2,1-6H3,(H,33,35,36). The molecule has 2 N–H and O–H groups in total. The van der Waals surface area contributed by atoms with Gasteiger partial charge in [-0.1, -0.05) is 26.8 Å². The van der Waals surface area contributed by atoms with Gasteiger partial charge in [-0.25, -0.2) is 4.79 Å². The Kier molecular flexibility index (Phi) is 12.4. The maximum Gasteiger partial charge on any atom is 0.336 e. The number of anilines is 1. The maximum absolute atomic E-state index is 13.1. The average molecular weight is 620 g/mol. The number of rotatable bonds is 16. The highest BCUT2D eigenvalue weighted by molar-refractivity contribution is 6.25. The molecular formula is C31H45N3O10. The molecule has 2 heterocycles. The van der Waals surface area contributed by atoms with Gasteiger partial charge in [-0.05, 0) is 44.7 Å². The van der Waals surface area contributed by atoms with Crippen LogP contribution in [0.2, 0.25) is 0 Å². The van der Waals surface area contributed by atoms with E-state index in [1.807, 2.05) is 41.5 Å². The first-order valence-corrected chi connectivity index (χ1v) is 14.9. The lowest BCUT2D eigenvalue weighted by atomic mass is 9.89. The molecule has 2 aliphatic heterocycles. The van der Waals surface area contributed by atoms with Crippen LogP contribution in [0.5, 0.6) is 0 Å². The third-order valence-corrected chi connectivity index (χ3v) is 6.69. The van der Waals surface area contributed by atoms with Crippen molar-refractivity contribution in [2.45, 2.75) is 72.1 Å². The first-order chi connectivity index (χ1) is 20.7. The summed E-state index contributed by atoms with van der Waals surface area (Å²) in [5.41, 5.74) is -0.126. The molecule has 0 bridgehead atoms. The highest BCUT2D eigenvalue weighted by atomic mass is 16.6. The molecule has 2 aliphatic rings. The minimum absolute atomic E-state index is 0.0629. The molecule has 4 amide bonds. The molecule has 0 spiro atoms. The zero-order valence-electron chi connectivity index (χ0n) is 26.5. The van der Waals surface area contributed by atoms with Crippen LogP contribution in [0.15, 0.2) is 18.2 Å². The molecule has 3 rings (SSSR count). The number of carbonyl (C=O) groups excluding carboxylic acids is 5. The summed E-state index contributed by atoms with van der Waals surface area (Å²) in [6.45, 7) is 13.9. The van der Waals surface area contributed by atoms with E-state index in [0.717, 1.165) is 4.90 Å². The predicted octanol–water partition coefficient (Wildman–Crippen LogP) is 2.32. The SMILES string of the molecule is CC(C)(C)OC(=O)C(OCCOCCOCCOCCNc1cccc2c1C(=O)N(C1CCC(=O)NC1=O)C2=O)C(C)(C)C. The van der Waals surface area contributed by atoms with Crippen molar-refractivity contribution in [1.82, 2.24) is 10.2 Å². The molecule has 0 radical (unpaired) electrons. The number of imide groups is 2. The molecular weight excluding hydrogens is 574 g/mol. The van der Waals surface area contributed by atoms with Crippen molar-refractivity contribution >= 4 is 35.3 Å². The normalized spacial score (nSPS) is 17.9. The fraction of sp³-hybridized carbons (Fsp3) is 0.645. The summed E-state index contributed by atoms with van der Waals surface area (Å²) in [6, 6.07) is 3.88. The minimum atomic E-state index is -1.01. The Morgan fingerprint density at radius 1 is 0.909 bits per heavy atom. The van der Waals surface area contributed by atoms with Gasteiger partial charge in [0, 0.05) is 18.7 Å². The molecule has 2 atom stereocenters. The van der Waals surface area contributed by atoms with Crippen molar-refractivity contribution in [3.63, 3.8) is 0 Å². The van der Waals surface area contributed by atoms with E-state index in [2.05, 4.69) is 10.6 Å². The first kappa shape index (κ1) is 35.1. The molecule has 0 aromatic heterocycles. The molecule has 13 heteroatoms. The van der Waals surface area contributed by atoms with Crippen molar-refractivity contribution in [2.75, 3.05) is 58.1 Å². The van der Waals surface area contributed by atoms with E-state index in [4.69, 9.17) is 23.7 Å². The smallest absolute Gasteiger partial charge is 0.336 e. The van der Waals surface area contributed by atoms with E-state index in [1.165, 1.54) is 0 Å². The Balaban J connectivity index is 1.28. The van der Waals surface area contributed by atoms with Crippen LogP contribution in [0.3, 0.4) is 0 Å². The number of esters is 1. The van der Waals surface area contributed by atoms with Crippen LogP contribution in [0.25, 0.3) is 0 Å². The first-order valence-electron chi connectivity index (χ1n) is 14.9. The summed E-state index contributed by atoms with van der Waals surface area (Å²) >= 11 is 0. The average Bonchev–Trinajstić information content (AvgIpc) is 3.17. The fourth-order valence-corrected chi connectivity index (χ4v) is 4.71. The molecule has 0 aliphatic carbocycles. The molecule has 1 aromatic carbocycles. The molecule has 1 fully saturated rings. The number of piperidine rings is 1. The van der Waals surface area contributed by atoms with E-state index in [0.29, 0.717) is 51.9 Å². The van der Waals surface area contributed by atoms with Crippen molar-refractivity contribution in [1.29, 1.82) is 0 Å². The zero-order chi connectivity index (χ0) is 32.5. The van der Waals surface area contributed by atoms with E-state index in [-0.39, 0.29) is 30.6 Å². The zero-order valence-corrected chi connectivity index (χ0v) is 26.5. The summed E-state index contributed by atoms with van der Waals surface area (Å²) in [4.78, 5) is 63.3. The number of nitrogens with one attached hydrogen (secondary N) is 2. The van der Waals surface area contributed by atoms with Crippen molar-refractivity contribution in [3.8, 4) is 0 Å². The minimum Gasteiger partial charge on any atom is -0.458 e. The highest BCUT2D eigenvalue weighted by Crippen LogP contribution is 2.32. The molecule has 44 heavy (non-hydrogen) atoms. The van der Waals surface area contributed by atoms with E-state index < -0.39 is 52.8 Å². The van der Waals surface area contributed by atoms with Gasteiger partial charge in [-0.15, -0.1) is 0 Å². The second kappa shape index (κ2) is 15.6. The van der Waals surface area contributed by atoms with Crippen LogP contribution in [-0.2, 0) is 38.1 Å². The monoisotopic (exact) mass is 619 g/mol. The third kappa shape index (κ3) is 9.81. The Labute approximate surface area is 258 Å². The van der Waals surface area contributed by atoms with E-state index in [9.17, 15) is 24.0 Å². The van der Waals surface area contributed by atoms with Gasteiger partial charge in [0.2, 0.25) is 11.8 Å². The van der Waals surface area contributed by atoms with Crippen molar-refractivity contribution in [2.24, 2.45) is 5.41 Å². The van der Waals surface area contributed by atoms with Crippen LogP contribution in [0, 0.1) is 5.41 Å². The van der Waals surface area contributed by atoms with Gasteiger partial charge in [-0.3, -0.25) is 29.4 Å². The lowest BCUT2D eigenvalue weighted by molar-refractivity contribution is -0.177. The van der Waals surface area contributed by atoms with Gasteiger partial charge in [-0.2, -0.15) is 0 Å². The van der Waals surface area contributed by atoms with Gasteiger partial charge in [0.05, 0.1) is 57.4 Å². The van der Waals surface area contributed by atoms with Crippen LogP contribution < -0.4 is 10.6 Å². The molecule has 1 saturated heterocycles. The van der Waals surface area contributed by atoms with E-state index >= 15 is 0 Å². The number of hydrogen-bond acceptors (Lipinski definition) is 11. The molecule has 0 saturated carbocycles. The number of carbonyl (C=O) groups is 5. The Morgan fingerprint density at radius 2 is 1.52 bits per heavy atom. The molecule has 1 aromatic rings. The number of fused-ring (bicyclic) bond motifs is 1. The Hall–Kier alpha value is -3.39. The van der Waals surface area contributed by atoms with E-state index in [1.54, 1.807) is 18.2 Å².